The first kappa shape index (κ1) is 22.5. The molecule has 4 aromatic rings. The van der Waals surface area contributed by atoms with Crippen LogP contribution in [0.2, 0.25) is 0 Å². The zero-order valence-corrected chi connectivity index (χ0v) is 20.4. The van der Waals surface area contributed by atoms with Gasteiger partial charge in [-0.15, -0.1) is 11.3 Å². The maximum atomic E-state index is 13.5. The van der Waals surface area contributed by atoms with Crippen LogP contribution in [0, 0.1) is 6.92 Å². The van der Waals surface area contributed by atoms with Crippen LogP contribution >= 0.6 is 11.3 Å². The van der Waals surface area contributed by atoms with E-state index in [-0.39, 0.29) is 11.8 Å². The zero-order chi connectivity index (χ0) is 23.7. The SMILES string of the molecule is CCCNC(=O)c1c(NC(=O)c2cc3occc3n2Cc2ccc(C)cc2)sc2c1CCCC2. The van der Waals surface area contributed by atoms with E-state index in [2.05, 4.69) is 41.8 Å². The lowest BCUT2D eigenvalue weighted by Gasteiger charge is -2.13. The van der Waals surface area contributed by atoms with Crippen molar-refractivity contribution in [2.75, 3.05) is 11.9 Å². The molecule has 6 nitrogen and oxygen atoms in total. The van der Waals surface area contributed by atoms with Crippen molar-refractivity contribution in [3.63, 3.8) is 0 Å². The van der Waals surface area contributed by atoms with Crippen molar-refractivity contribution in [1.82, 2.24) is 9.88 Å². The van der Waals surface area contributed by atoms with Crippen LogP contribution in [0.3, 0.4) is 0 Å². The van der Waals surface area contributed by atoms with Crippen molar-refractivity contribution in [3.05, 3.63) is 75.5 Å². The summed E-state index contributed by atoms with van der Waals surface area (Å²) < 4.78 is 7.58. The van der Waals surface area contributed by atoms with Crippen LogP contribution in [0.1, 0.15) is 68.6 Å². The molecule has 0 aliphatic heterocycles. The van der Waals surface area contributed by atoms with Gasteiger partial charge in [0.2, 0.25) is 0 Å². The van der Waals surface area contributed by atoms with Gasteiger partial charge >= 0.3 is 0 Å². The van der Waals surface area contributed by atoms with Crippen molar-refractivity contribution >= 4 is 39.3 Å². The van der Waals surface area contributed by atoms with Gasteiger partial charge in [-0.2, -0.15) is 0 Å². The smallest absolute Gasteiger partial charge is 0.273 e. The van der Waals surface area contributed by atoms with E-state index in [4.69, 9.17) is 4.42 Å². The number of hydrogen-bond donors (Lipinski definition) is 2. The largest absolute Gasteiger partial charge is 0.463 e. The number of aryl methyl sites for hydroxylation is 2. The molecule has 0 atom stereocenters. The van der Waals surface area contributed by atoms with Crippen molar-refractivity contribution in [1.29, 1.82) is 0 Å². The number of amides is 2. The molecule has 5 rings (SSSR count). The van der Waals surface area contributed by atoms with Crippen molar-refractivity contribution in [2.45, 2.75) is 52.5 Å². The number of anilines is 1. The minimum atomic E-state index is -0.235. The van der Waals surface area contributed by atoms with Crippen LogP contribution < -0.4 is 10.6 Å². The number of nitrogens with one attached hydrogen (secondary N) is 2. The number of carbonyl (C=O) groups is 2. The number of thiophene rings is 1. The first-order chi connectivity index (χ1) is 16.5. The van der Waals surface area contributed by atoms with Gasteiger partial charge in [0.05, 0.1) is 17.3 Å². The molecule has 0 saturated heterocycles. The van der Waals surface area contributed by atoms with Gasteiger partial charge in [-0.05, 0) is 50.2 Å². The normalized spacial score (nSPS) is 13.1. The first-order valence-electron chi connectivity index (χ1n) is 11.9. The first-order valence-corrected chi connectivity index (χ1v) is 12.7. The van der Waals surface area contributed by atoms with Crippen LogP contribution in [0.15, 0.2) is 47.1 Å². The summed E-state index contributed by atoms with van der Waals surface area (Å²) in [5.74, 6) is -0.331. The third kappa shape index (κ3) is 4.28. The molecule has 0 spiro atoms. The second-order valence-electron chi connectivity index (χ2n) is 8.90. The monoisotopic (exact) mass is 475 g/mol. The van der Waals surface area contributed by atoms with E-state index in [1.54, 1.807) is 23.7 Å². The number of benzene rings is 1. The Bertz CT molecular complexity index is 1340. The van der Waals surface area contributed by atoms with E-state index < -0.39 is 0 Å². The third-order valence-electron chi connectivity index (χ3n) is 6.38. The summed E-state index contributed by atoms with van der Waals surface area (Å²) in [6.45, 7) is 5.26. The van der Waals surface area contributed by atoms with Gasteiger partial charge in [0, 0.05) is 30.1 Å². The van der Waals surface area contributed by atoms with E-state index >= 15 is 0 Å². The summed E-state index contributed by atoms with van der Waals surface area (Å²) in [6.07, 6.45) is 6.54. The number of fused-ring (bicyclic) bond motifs is 2. The second-order valence-corrected chi connectivity index (χ2v) is 10.0. The molecule has 1 aliphatic carbocycles. The molecule has 1 aromatic carbocycles. The van der Waals surface area contributed by atoms with Crippen LogP contribution in [0.5, 0.6) is 0 Å². The quantitative estimate of drug-likeness (QED) is 0.348. The van der Waals surface area contributed by atoms with E-state index in [0.717, 1.165) is 48.7 Å². The van der Waals surface area contributed by atoms with E-state index in [1.165, 1.54) is 10.4 Å². The molecular weight excluding hydrogens is 446 g/mol. The van der Waals surface area contributed by atoms with Crippen LogP contribution in [-0.4, -0.2) is 22.9 Å². The molecule has 0 fully saturated rings. The average molecular weight is 476 g/mol. The average Bonchev–Trinajstić information content (AvgIpc) is 3.52. The minimum absolute atomic E-state index is 0.0969. The lowest BCUT2D eigenvalue weighted by atomic mass is 9.95. The number of hydrogen-bond acceptors (Lipinski definition) is 4. The Morgan fingerprint density at radius 1 is 1.09 bits per heavy atom. The number of rotatable bonds is 7. The Hall–Kier alpha value is -3.32. The number of nitrogens with zero attached hydrogens (tertiary/aromatic N) is 1. The van der Waals surface area contributed by atoms with Gasteiger partial charge in [-0.1, -0.05) is 36.8 Å². The molecule has 0 radical (unpaired) electrons. The summed E-state index contributed by atoms with van der Waals surface area (Å²) >= 11 is 1.54. The van der Waals surface area contributed by atoms with Gasteiger partial charge in [-0.25, -0.2) is 0 Å². The molecule has 176 valence electrons. The zero-order valence-electron chi connectivity index (χ0n) is 19.6. The highest BCUT2D eigenvalue weighted by atomic mass is 32.1. The van der Waals surface area contributed by atoms with Gasteiger partial charge < -0.3 is 19.6 Å². The topological polar surface area (TPSA) is 76.3 Å². The lowest BCUT2D eigenvalue weighted by Crippen LogP contribution is -2.26. The summed E-state index contributed by atoms with van der Waals surface area (Å²) in [4.78, 5) is 27.8. The van der Waals surface area contributed by atoms with Crippen molar-refractivity contribution in [3.8, 4) is 0 Å². The lowest BCUT2D eigenvalue weighted by molar-refractivity contribution is 0.0954. The highest BCUT2D eigenvalue weighted by Gasteiger charge is 2.27. The van der Waals surface area contributed by atoms with Gasteiger partial charge in [-0.3, -0.25) is 9.59 Å². The molecule has 3 aromatic heterocycles. The fraction of sp³-hybridized carbons (Fsp3) is 0.333. The Kier molecular flexibility index (Phi) is 6.28. The van der Waals surface area contributed by atoms with Gasteiger partial charge in [0.15, 0.2) is 5.58 Å². The molecular formula is C27H29N3O3S. The van der Waals surface area contributed by atoms with Gasteiger partial charge in [0.25, 0.3) is 11.8 Å². The molecule has 3 heterocycles. The van der Waals surface area contributed by atoms with Crippen LogP contribution in [0.25, 0.3) is 11.1 Å². The molecule has 34 heavy (non-hydrogen) atoms. The standard InChI is InChI=1S/C27H29N3O3S/c1-3-13-28-26(32)24-19-6-4-5-7-23(19)34-27(24)29-25(31)21-15-22-20(12-14-33-22)30(21)16-18-10-8-17(2)9-11-18/h8-12,14-15H,3-7,13,16H2,1-2H3,(H,28,32)(H,29,31). The van der Waals surface area contributed by atoms with Crippen molar-refractivity contribution < 1.29 is 14.0 Å². The van der Waals surface area contributed by atoms with Crippen LogP contribution in [-0.2, 0) is 19.4 Å². The fourth-order valence-corrected chi connectivity index (χ4v) is 5.88. The Balaban J connectivity index is 1.49. The van der Waals surface area contributed by atoms with E-state index in [9.17, 15) is 9.59 Å². The second kappa shape index (κ2) is 9.50. The van der Waals surface area contributed by atoms with Gasteiger partial charge in [0.1, 0.15) is 10.7 Å². The summed E-state index contributed by atoms with van der Waals surface area (Å²) in [6, 6.07) is 12.0. The summed E-state index contributed by atoms with van der Waals surface area (Å²) in [7, 11) is 0. The minimum Gasteiger partial charge on any atom is -0.463 e. The summed E-state index contributed by atoms with van der Waals surface area (Å²) in [5, 5.41) is 6.73. The molecule has 2 amide bonds. The number of aromatic nitrogens is 1. The molecule has 7 heteroatoms. The number of furan rings is 1. The molecule has 0 unspecified atom stereocenters. The Morgan fingerprint density at radius 2 is 1.88 bits per heavy atom. The third-order valence-corrected chi connectivity index (χ3v) is 7.58. The predicted molar refractivity (Wildman–Crippen MR) is 136 cm³/mol. The molecule has 0 saturated carbocycles. The Labute approximate surface area is 203 Å². The Morgan fingerprint density at radius 3 is 2.68 bits per heavy atom. The van der Waals surface area contributed by atoms with Crippen molar-refractivity contribution in [2.24, 2.45) is 0 Å². The molecule has 0 bridgehead atoms. The molecule has 1 aliphatic rings. The summed E-state index contributed by atoms with van der Waals surface area (Å²) in [5.41, 5.74) is 6.09. The molecule has 2 N–H and O–H groups in total. The maximum Gasteiger partial charge on any atom is 0.273 e. The highest BCUT2D eigenvalue weighted by molar-refractivity contribution is 7.17. The predicted octanol–water partition coefficient (Wildman–Crippen LogP) is 5.92. The van der Waals surface area contributed by atoms with E-state index in [0.29, 0.717) is 34.9 Å². The van der Waals surface area contributed by atoms with Crippen LogP contribution in [0.4, 0.5) is 5.00 Å². The van der Waals surface area contributed by atoms with E-state index in [1.807, 2.05) is 17.6 Å². The maximum absolute atomic E-state index is 13.5. The fourth-order valence-electron chi connectivity index (χ4n) is 4.60. The highest BCUT2D eigenvalue weighted by Crippen LogP contribution is 2.38. The number of carbonyl (C=O) groups excluding carboxylic acids is 2.